The van der Waals surface area contributed by atoms with E-state index in [9.17, 15) is 41.9 Å². The van der Waals surface area contributed by atoms with Crippen molar-refractivity contribution in [2.24, 2.45) is 0 Å². The lowest BCUT2D eigenvalue weighted by atomic mass is 10.1. The highest BCUT2D eigenvalue weighted by molar-refractivity contribution is 6.76. The Labute approximate surface area is 504 Å². The highest BCUT2D eigenvalue weighted by Crippen LogP contribution is 2.33. The maximum atomic E-state index is 14.1. The molecule has 17 nitrogen and oxygen atoms in total. The number of carbonyl (C=O) groups is 3. The van der Waals surface area contributed by atoms with Crippen LogP contribution in [-0.2, 0) is 45.5 Å². The normalized spacial score (nSPS) is 12.8. The van der Waals surface area contributed by atoms with Gasteiger partial charge in [-0.2, -0.15) is 0 Å². The van der Waals surface area contributed by atoms with E-state index < -0.39 is 61.7 Å². The van der Waals surface area contributed by atoms with E-state index in [0.717, 1.165) is 41.1 Å². The lowest BCUT2D eigenvalue weighted by molar-refractivity contribution is -0.138. The first-order valence-electron chi connectivity index (χ1n) is 26.6. The van der Waals surface area contributed by atoms with Gasteiger partial charge in [0.25, 0.3) is 16.7 Å². The number of nitrogens with zero attached hydrogens (tertiary/aromatic N) is 5. The van der Waals surface area contributed by atoms with E-state index in [1.807, 2.05) is 0 Å². The molecule has 1 amide bonds. The van der Waals surface area contributed by atoms with Gasteiger partial charge in [-0.25, -0.2) is 13.2 Å². The number of carbonyl (C=O) groups excluding carboxylic acids is 1. The van der Waals surface area contributed by atoms with Gasteiger partial charge >= 0.3 is 11.9 Å². The van der Waals surface area contributed by atoms with E-state index in [1.165, 1.54) is 79.3 Å². The summed E-state index contributed by atoms with van der Waals surface area (Å²) in [6.07, 6.45) is 14.2. The molecule has 3 aromatic carbocycles. The molecule has 452 valence electrons. The number of carboxylic acid groups (broad SMARTS) is 2. The van der Waals surface area contributed by atoms with E-state index in [1.54, 1.807) is 70.7 Å². The van der Waals surface area contributed by atoms with Crippen molar-refractivity contribution in [2.75, 3.05) is 32.8 Å². The Morgan fingerprint density at radius 2 is 1.00 bits per heavy atom. The first-order chi connectivity index (χ1) is 39.6. The number of amides is 1. The molecule has 0 unspecified atom stereocenters. The van der Waals surface area contributed by atoms with E-state index in [2.05, 4.69) is 34.9 Å². The standard InChI is InChI=1S/C21H24ClFN2O4Si.C19H17ClFN3O2.C15H10ClFN2O3.C4H9N.2CH4/c1-30(2,3)9-8-29-13-25-11-15(14-4-5-16(22)17(23)10-14)20-18(25)6-7-24(21(20)28)12-19(26)27;20-14-4-3-12(9-15(14)21)13-10-22-16-5-8-24(19(26)18(13)16)11-17(25)23-6-1-2-7-23;16-10-2-1-8(5-11(10)17)9-6-18-12-3-4-19(7-13(20)21)15(22)14(9)12;1-2-4-5-3-1;;/h4-7,10-11H,8-9,12-13H2,1-3H3,(H,26,27);3-5,8-10,22H,1-2,6-7,11H2;1-6,18H,7H2,(H,20,21);5H,1-4H2;2*1H4. The van der Waals surface area contributed by atoms with Gasteiger partial charge < -0.3 is 53.4 Å². The smallest absolute Gasteiger partial charge is 0.323 e. The van der Waals surface area contributed by atoms with Crippen LogP contribution in [0.25, 0.3) is 66.1 Å². The Bertz CT molecular complexity index is 4040. The summed E-state index contributed by atoms with van der Waals surface area (Å²) in [6.45, 7) is 10.7. The Hall–Kier alpha value is -7.66. The molecule has 6 aromatic heterocycles. The molecule has 0 spiro atoms. The van der Waals surface area contributed by atoms with Crippen molar-refractivity contribution in [3.05, 3.63) is 174 Å². The molecule has 2 aliphatic heterocycles. The highest BCUT2D eigenvalue weighted by Gasteiger charge is 2.22. The third-order valence-corrected chi connectivity index (χ3v) is 16.5. The van der Waals surface area contributed by atoms with Crippen molar-refractivity contribution in [1.29, 1.82) is 0 Å². The fourth-order valence-corrected chi connectivity index (χ4v) is 10.6. The minimum absolute atomic E-state index is 0. The van der Waals surface area contributed by atoms with Crippen LogP contribution in [-0.4, -0.2) is 102 Å². The summed E-state index contributed by atoms with van der Waals surface area (Å²) in [5, 5.41) is 22.2. The Morgan fingerprint density at radius 3 is 1.41 bits per heavy atom. The highest BCUT2D eigenvalue weighted by atomic mass is 35.5. The average Bonchev–Trinajstić information content (AvgIpc) is 2.69. The number of H-pyrrole nitrogens is 2. The lowest BCUT2D eigenvalue weighted by Crippen LogP contribution is -2.34. The maximum absolute atomic E-state index is 14.1. The SMILES string of the molecule is C.C.C1CCNC1.C[Si](C)(C)CCOCn1cc(-c2ccc(Cl)c(F)c2)c2c(=O)n(CC(=O)O)ccc21.O=C(Cn1ccc2[nH]cc(-c3ccc(Cl)c(F)c3)c2c1=O)N1CCCC1.O=C(O)Cn1ccc2[nH]cc(-c3ccc(Cl)c(F)c3)c2c1=O. The zero-order chi connectivity index (χ0) is 59.7. The summed E-state index contributed by atoms with van der Waals surface area (Å²) in [6, 6.07) is 19.0. The quantitative estimate of drug-likeness (QED) is 0.0512. The number of aromatic nitrogens is 6. The molecule has 2 aliphatic rings. The van der Waals surface area contributed by atoms with Crippen molar-refractivity contribution in [1.82, 2.24) is 38.5 Å². The third kappa shape index (κ3) is 16.4. The summed E-state index contributed by atoms with van der Waals surface area (Å²) in [5.74, 6) is -4.02. The molecule has 0 aliphatic carbocycles. The molecule has 0 bridgehead atoms. The Balaban J connectivity index is 0.000000195. The molecule has 5 N–H and O–H groups in total. The number of carboxylic acids is 2. The topological polar surface area (TPSA) is 219 Å². The largest absolute Gasteiger partial charge is 0.480 e. The molecular weight excluding hydrogens is 1180 g/mol. The number of rotatable bonds is 14. The van der Waals surface area contributed by atoms with Crippen LogP contribution in [0.2, 0.25) is 40.8 Å². The van der Waals surface area contributed by atoms with Gasteiger partial charge in [0.2, 0.25) is 5.91 Å². The number of hydrogen-bond acceptors (Lipinski definition) is 8. The first kappa shape index (κ1) is 66.5. The van der Waals surface area contributed by atoms with E-state index in [0.29, 0.717) is 72.7 Å². The van der Waals surface area contributed by atoms with Gasteiger partial charge in [-0.05, 0) is 116 Å². The summed E-state index contributed by atoms with van der Waals surface area (Å²) >= 11 is 17.2. The van der Waals surface area contributed by atoms with Gasteiger partial charge in [0, 0.05) is 81.6 Å². The predicted molar refractivity (Wildman–Crippen MR) is 333 cm³/mol. The molecule has 9 aromatic rings. The second-order valence-corrected chi connectivity index (χ2v) is 27.9. The molecule has 0 saturated carbocycles. The van der Waals surface area contributed by atoms with E-state index in [-0.39, 0.29) is 54.7 Å². The monoisotopic (exact) mass is 1250 g/mol. The van der Waals surface area contributed by atoms with Gasteiger partial charge in [0.15, 0.2) is 0 Å². The van der Waals surface area contributed by atoms with Crippen LogP contribution in [0.5, 0.6) is 0 Å². The van der Waals surface area contributed by atoms with Crippen LogP contribution in [0, 0.1) is 17.5 Å². The number of aliphatic carboxylic acids is 2. The molecule has 2 fully saturated rings. The number of benzene rings is 3. The third-order valence-electron chi connectivity index (χ3n) is 13.9. The maximum Gasteiger partial charge on any atom is 0.323 e. The van der Waals surface area contributed by atoms with E-state index >= 15 is 0 Å². The lowest BCUT2D eigenvalue weighted by Gasteiger charge is -2.16. The minimum atomic E-state index is -1.24. The second kappa shape index (κ2) is 29.4. The van der Waals surface area contributed by atoms with Crippen molar-refractivity contribution in [2.45, 2.75) is 92.6 Å². The minimum Gasteiger partial charge on any atom is -0.480 e. The number of hydrogen-bond donors (Lipinski definition) is 5. The number of likely N-dealkylation sites (tertiary alicyclic amines) is 1. The Kier molecular flexibility index (Phi) is 23.0. The van der Waals surface area contributed by atoms with Crippen molar-refractivity contribution in [3.8, 4) is 33.4 Å². The summed E-state index contributed by atoms with van der Waals surface area (Å²) in [7, 11) is -1.24. The van der Waals surface area contributed by atoms with Gasteiger partial charge in [-0.1, -0.05) is 87.5 Å². The molecule has 85 heavy (non-hydrogen) atoms. The van der Waals surface area contributed by atoms with Crippen molar-refractivity contribution < 1.29 is 42.5 Å². The van der Waals surface area contributed by atoms with Crippen LogP contribution in [0.3, 0.4) is 0 Å². The zero-order valence-corrected chi connectivity index (χ0v) is 48.8. The molecule has 11 rings (SSSR count). The Morgan fingerprint density at radius 1 is 0.576 bits per heavy atom. The van der Waals surface area contributed by atoms with Crippen LogP contribution in [0.15, 0.2) is 124 Å². The molecular formula is C61H68Cl3F3N8O9Si. The molecule has 24 heteroatoms. The molecule has 8 heterocycles. The number of fused-ring (bicyclic) bond motifs is 3. The second-order valence-electron chi connectivity index (χ2n) is 21.1. The van der Waals surface area contributed by atoms with E-state index in [4.69, 9.17) is 49.8 Å². The van der Waals surface area contributed by atoms with Crippen LogP contribution < -0.4 is 22.0 Å². The molecule has 0 radical (unpaired) electrons. The van der Waals surface area contributed by atoms with Gasteiger partial charge in [-0.15, -0.1) is 0 Å². The zero-order valence-electron chi connectivity index (χ0n) is 45.5. The van der Waals surface area contributed by atoms with Crippen molar-refractivity contribution in [3.63, 3.8) is 0 Å². The first-order valence-corrected chi connectivity index (χ1v) is 31.4. The van der Waals surface area contributed by atoms with Gasteiger partial charge in [-0.3, -0.25) is 28.8 Å². The number of halogens is 6. The summed E-state index contributed by atoms with van der Waals surface area (Å²) in [5.41, 5.74) is 3.71. The number of aromatic amines is 2. The number of nitrogens with one attached hydrogen (secondary N) is 3. The fraction of sp³-hybridized carbons (Fsp3) is 0.311. The van der Waals surface area contributed by atoms with Crippen molar-refractivity contribution >= 4 is 93.4 Å². The van der Waals surface area contributed by atoms with Crippen LogP contribution in [0.4, 0.5) is 13.2 Å². The number of ether oxygens (including phenoxy) is 1. The summed E-state index contributed by atoms with van der Waals surface area (Å²) in [4.78, 5) is 80.4. The summed E-state index contributed by atoms with van der Waals surface area (Å²) < 4.78 is 52.7. The number of pyridine rings is 3. The van der Waals surface area contributed by atoms with Crippen LogP contribution >= 0.6 is 34.8 Å². The van der Waals surface area contributed by atoms with Gasteiger partial charge in [0.05, 0.1) is 47.8 Å². The van der Waals surface area contributed by atoms with Crippen LogP contribution in [0.1, 0.15) is 40.5 Å². The molecule has 2 saturated heterocycles. The fourth-order valence-electron chi connectivity index (χ4n) is 9.52. The molecule has 0 atom stereocenters. The predicted octanol–water partition coefficient (Wildman–Crippen LogP) is 12.6. The van der Waals surface area contributed by atoms with Gasteiger partial charge in [0.1, 0.15) is 43.8 Å². The average molecular weight is 1250 g/mol.